The average Bonchev–Trinajstić information content (AvgIpc) is 3.49. The molecule has 1 heterocycles. The number of pyridine rings is 1. The molecule has 4 nitrogen and oxygen atoms in total. The van der Waals surface area contributed by atoms with E-state index in [1.54, 1.807) is 26.3 Å². The number of fused-ring (bicyclic) bond motifs is 2. The van der Waals surface area contributed by atoms with Crippen LogP contribution in [0.2, 0.25) is 5.02 Å². The lowest BCUT2D eigenvalue weighted by molar-refractivity contribution is -0.127. The molecule has 3 atom stereocenters. The van der Waals surface area contributed by atoms with E-state index in [9.17, 15) is 4.79 Å². The monoisotopic (exact) mass is 561 g/mol. The van der Waals surface area contributed by atoms with E-state index in [4.69, 9.17) is 21.1 Å². The molecule has 3 aromatic rings. The molecule has 6 heteroatoms. The number of nitrogens with zero attached hydrogens (tertiary/aromatic N) is 1. The maximum Gasteiger partial charge on any atom is 0.213 e. The second kappa shape index (κ2) is 10.2. The lowest BCUT2D eigenvalue weighted by Crippen LogP contribution is -2.46. The van der Waals surface area contributed by atoms with Gasteiger partial charge in [0, 0.05) is 28.5 Å². The first-order valence-electron chi connectivity index (χ1n) is 14.4. The van der Waals surface area contributed by atoms with Gasteiger partial charge in [-0.05, 0) is 85.1 Å². The predicted molar refractivity (Wildman–Crippen MR) is 156 cm³/mol. The molecule has 0 N–H and O–H groups in total. The number of Topliss-reactive ketones (excluding diaryl/α,β-unsaturated/α-hetero) is 1. The van der Waals surface area contributed by atoms with Crippen molar-refractivity contribution < 1.29 is 18.7 Å². The second-order valence-corrected chi connectivity index (χ2v) is 13.0. The van der Waals surface area contributed by atoms with Crippen molar-refractivity contribution in [3.63, 3.8) is 0 Å². The van der Waals surface area contributed by atoms with E-state index in [-0.39, 0.29) is 40.7 Å². The van der Waals surface area contributed by atoms with E-state index in [0.29, 0.717) is 16.8 Å². The Bertz CT molecular complexity index is 1480. The van der Waals surface area contributed by atoms with Crippen LogP contribution >= 0.6 is 11.6 Å². The van der Waals surface area contributed by atoms with Gasteiger partial charge in [0.2, 0.25) is 5.88 Å². The van der Waals surface area contributed by atoms with Gasteiger partial charge in [0.25, 0.3) is 0 Å². The van der Waals surface area contributed by atoms with Gasteiger partial charge in [0.15, 0.2) is 11.6 Å². The lowest BCUT2D eigenvalue weighted by atomic mass is 9.56. The Labute approximate surface area is 241 Å². The SMILES string of the molecule is COc1cc(-c2ccc(COc3ccc4c(c3F)C3(CC4)CCC3C(C)=O)cc2C2CCCC2(C)C)c(Cl)cn1. The first-order chi connectivity index (χ1) is 19.1. The van der Waals surface area contributed by atoms with E-state index in [2.05, 4.69) is 31.0 Å². The van der Waals surface area contributed by atoms with Crippen LogP contribution in [0.4, 0.5) is 4.39 Å². The van der Waals surface area contributed by atoms with Crippen LogP contribution in [0, 0.1) is 17.2 Å². The normalized spacial score (nSPS) is 24.6. The molecule has 2 fully saturated rings. The zero-order valence-electron chi connectivity index (χ0n) is 23.8. The van der Waals surface area contributed by atoms with Gasteiger partial charge in [-0.1, -0.05) is 56.1 Å². The van der Waals surface area contributed by atoms with Gasteiger partial charge in [-0.15, -0.1) is 0 Å². The molecule has 1 aromatic heterocycles. The van der Waals surface area contributed by atoms with Crippen molar-refractivity contribution >= 4 is 17.4 Å². The third-order valence-electron chi connectivity index (χ3n) is 10.0. The summed E-state index contributed by atoms with van der Waals surface area (Å²) in [6.07, 6.45) is 8.46. The van der Waals surface area contributed by atoms with Crippen molar-refractivity contribution in [1.29, 1.82) is 0 Å². The number of aryl methyl sites for hydroxylation is 1. The summed E-state index contributed by atoms with van der Waals surface area (Å²) in [5.74, 6) is 0.942. The highest BCUT2D eigenvalue weighted by molar-refractivity contribution is 6.33. The smallest absolute Gasteiger partial charge is 0.213 e. The molecule has 210 valence electrons. The summed E-state index contributed by atoms with van der Waals surface area (Å²) < 4.78 is 27.5. The Hall–Kier alpha value is -2.92. The van der Waals surface area contributed by atoms with Crippen LogP contribution in [-0.4, -0.2) is 17.9 Å². The highest BCUT2D eigenvalue weighted by Gasteiger charge is 2.55. The zero-order chi connectivity index (χ0) is 28.2. The number of rotatable bonds is 7. The van der Waals surface area contributed by atoms with Crippen molar-refractivity contribution in [2.24, 2.45) is 11.3 Å². The molecule has 1 spiro atoms. The van der Waals surface area contributed by atoms with Crippen molar-refractivity contribution in [2.75, 3.05) is 7.11 Å². The zero-order valence-corrected chi connectivity index (χ0v) is 24.5. The molecule has 0 aliphatic heterocycles. The molecule has 0 radical (unpaired) electrons. The average molecular weight is 562 g/mol. The topological polar surface area (TPSA) is 48.4 Å². The van der Waals surface area contributed by atoms with Gasteiger partial charge >= 0.3 is 0 Å². The molecule has 40 heavy (non-hydrogen) atoms. The molecule has 2 aromatic carbocycles. The van der Waals surface area contributed by atoms with Crippen LogP contribution in [0.15, 0.2) is 42.6 Å². The van der Waals surface area contributed by atoms with E-state index in [0.717, 1.165) is 66.3 Å². The molecule has 3 aliphatic carbocycles. The number of benzene rings is 2. The molecular weight excluding hydrogens is 525 g/mol. The van der Waals surface area contributed by atoms with Gasteiger partial charge in [-0.25, -0.2) is 9.37 Å². The third kappa shape index (κ3) is 4.41. The Morgan fingerprint density at radius 3 is 2.60 bits per heavy atom. The molecule has 6 rings (SSSR count). The summed E-state index contributed by atoms with van der Waals surface area (Å²) >= 11 is 6.65. The van der Waals surface area contributed by atoms with Crippen molar-refractivity contribution in [2.45, 2.75) is 83.7 Å². The number of carbonyl (C=O) groups is 1. The molecule has 0 bridgehead atoms. The fourth-order valence-electron chi connectivity index (χ4n) is 7.80. The van der Waals surface area contributed by atoms with Crippen molar-refractivity contribution in [1.82, 2.24) is 4.98 Å². The first kappa shape index (κ1) is 27.3. The number of ether oxygens (including phenoxy) is 2. The van der Waals surface area contributed by atoms with Crippen LogP contribution in [-0.2, 0) is 23.2 Å². The molecule has 0 saturated heterocycles. The highest BCUT2D eigenvalue weighted by Crippen LogP contribution is 2.58. The van der Waals surface area contributed by atoms with Gasteiger partial charge in [-0.3, -0.25) is 4.79 Å². The summed E-state index contributed by atoms with van der Waals surface area (Å²) in [5.41, 5.74) is 5.72. The van der Waals surface area contributed by atoms with Crippen LogP contribution < -0.4 is 9.47 Å². The minimum absolute atomic E-state index is 0.0815. The van der Waals surface area contributed by atoms with Crippen LogP contribution in [0.3, 0.4) is 0 Å². The predicted octanol–water partition coefficient (Wildman–Crippen LogP) is 8.61. The second-order valence-electron chi connectivity index (χ2n) is 12.6. The number of hydrogen-bond acceptors (Lipinski definition) is 4. The van der Waals surface area contributed by atoms with E-state index in [1.165, 1.54) is 12.0 Å². The molecule has 2 saturated carbocycles. The highest BCUT2D eigenvalue weighted by atomic mass is 35.5. The minimum atomic E-state index is -0.349. The maximum atomic E-state index is 16.0. The lowest BCUT2D eigenvalue weighted by Gasteiger charge is -2.47. The summed E-state index contributed by atoms with van der Waals surface area (Å²) in [6, 6.07) is 12.0. The number of carbonyl (C=O) groups excluding carboxylic acids is 1. The van der Waals surface area contributed by atoms with E-state index >= 15 is 4.39 Å². The Balaban J connectivity index is 1.33. The number of methoxy groups -OCH3 is 1. The molecular formula is C34H37ClFNO3. The van der Waals surface area contributed by atoms with Gasteiger partial charge < -0.3 is 9.47 Å². The van der Waals surface area contributed by atoms with Gasteiger partial charge in [0.1, 0.15) is 12.4 Å². The van der Waals surface area contributed by atoms with Gasteiger partial charge in [-0.2, -0.15) is 0 Å². The van der Waals surface area contributed by atoms with E-state index in [1.807, 2.05) is 18.2 Å². The molecule has 3 aliphatic rings. The molecule has 0 amide bonds. The Morgan fingerprint density at radius 1 is 1.10 bits per heavy atom. The van der Waals surface area contributed by atoms with Gasteiger partial charge in [0.05, 0.1) is 18.3 Å². The summed E-state index contributed by atoms with van der Waals surface area (Å²) in [6.45, 7) is 6.56. The van der Waals surface area contributed by atoms with E-state index < -0.39 is 0 Å². The standard InChI is InChI=1S/C34H37ClFNO3/c1-20(38)26-12-15-34(26)14-11-22-8-10-29(32(36)31(22)34)40-19-21-7-9-23(25-17-30(39-4)37-18-28(25)35)24(16-21)27-6-5-13-33(27,2)3/h7-10,16-18,26-27H,5-6,11-15,19H2,1-4H3. The number of halogens is 2. The van der Waals surface area contributed by atoms with Crippen LogP contribution in [0.1, 0.15) is 87.5 Å². The Morgan fingerprint density at radius 2 is 1.93 bits per heavy atom. The summed E-state index contributed by atoms with van der Waals surface area (Å²) in [5, 5.41) is 0.579. The fraction of sp³-hybridized carbons (Fsp3) is 0.471. The fourth-order valence-corrected chi connectivity index (χ4v) is 8.01. The quantitative estimate of drug-likeness (QED) is 0.290. The van der Waals surface area contributed by atoms with Crippen molar-refractivity contribution in [3.05, 3.63) is 75.7 Å². The largest absolute Gasteiger partial charge is 0.486 e. The number of hydrogen-bond donors (Lipinski definition) is 0. The Kier molecular flexibility index (Phi) is 6.93. The summed E-state index contributed by atoms with van der Waals surface area (Å²) in [4.78, 5) is 16.6. The molecule has 3 unspecified atom stereocenters. The summed E-state index contributed by atoms with van der Waals surface area (Å²) in [7, 11) is 1.60. The van der Waals surface area contributed by atoms with Crippen LogP contribution in [0.5, 0.6) is 11.6 Å². The third-order valence-corrected chi connectivity index (χ3v) is 10.3. The minimum Gasteiger partial charge on any atom is -0.486 e. The number of ketones is 1. The number of aromatic nitrogens is 1. The van der Waals surface area contributed by atoms with Crippen molar-refractivity contribution in [3.8, 4) is 22.8 Å². The first-order valence-corrected chi connectivity index (χ1v) is 14.8. The van der Waals surface area contributed by atoms with Crippen LogP contribution in [0.25, 0.3) is 11.1 Å². The maximum absolute atomic E-state index is 16.0.